The second-order valence-electron chi connectivity index (χ2n) is 8.37. The Balaban J connectivity index is 1.52. The second-order valence-corrected chi connectivity index (χ2v) is 8.37. The van der Waals surface area contributed by atoms with Crippen LogP contribution in [0, 0.1) is 17.2 Å². The van der Waals surface area contributed by atoms with Crippen molar-refractivity contribution in [3.63, 3.8) is 0 Å². The number of nitrogens with one attached hydrogen (secondary N) is 2. The van der Waals surface area contributed by atoms with E-state index in [1.807, 2.05) is 0 Å². The van der Waals surface area contributed by atoms with Crippen LogP contribution in [0.2, 0.25) is 0 Å². The Bertz CT molecular complexity index is 895. The number of rotatable bonds is 6. The summed E-state index contributed by atoms with van der Waals surface area (Å²) < 4.78 is 11.1. The maximum Gasteiger partial charge on any atom is 0.307 e. The Kier molecular flexibility index (Phi) is 6.11. The lowest BCUT2D eigenvalue weighted by molar-refractivity contribution is -0.156. The van der Waals surface area contributed by atoms with Crippen LogP contribution in [-0.4, -0.2) is 36.3 Å². The molecule has 2 N–H and O–H groups in total. The van der Waals surface area contributed by atoms with Crippen molar-refractivity contribution >= 4 is 18.1 Å². The van der Waals surface area contributed by atoms with Crippen LogP contribution in [0.4, 0.5) is 0 Å². The molecule has 30 heavy (non-hydrogen) atoms. The molecule has 3 atom stereocenters. The first-order valence-corrected chi connectivity index (χ1v) is 9.86. The van der Waals surface area contributed by atoms with Crippen molar-refractivity contribution in [3.8, 4) is 11.8 Å². The highest BCUT2D eigenvalue weighted by Gasteiger charge is 2.35. The predicted molar refractivity (Wildman–Crippen MR) is 110 cm³/mol. The van der Waals surface area contributed by atoms with Gasteiger partial charge < -0.3 is 20.1 Å². The molecule has 0 aliphatic carbocycles. The van der Waals surface area contributed by atoms with Gasteiger partial charge in [-0.2, -0.15) is 5.26 Å². The summed E-state index contributed by atoms with van der Waals surface area (Å²) in [7, 11) is 0. The summed E-state index contributed by atoms with van der Waals surface area (Å²) in [6, 6.07) is 9.09. The zero-order valence-corrected chi connectivity index (χ0v) is 17.3. The number of hydrogen-bond acceptors (Lipinski definition) is 7. The van der Waals surface area contributed by atoms with Crippen LogP contribution in [0.5, 0.6) is 5.75 Å². The third-order valence-corrected chi connectivity index (χ3v) is 4.75. The van der Waals surface area contributed by atoms with Gasteiger partial charge in [0.25, 0.3) is 0 Å². The highest BCUT2D eigenvalue weighted by Crippen LogP contribution is 2.26. The van der Waals surface area contributed by atoms with Crippen molar-refractivity contribution in [2.75, 3.05) is 6.61 Å². The van der Waals surface area contributed by atoms with E-state index in [-0.39, 0.29) is 24.3 Å². The van der Waals surface area contributed by atoms with Crippen LogP contribution >= 0.6 is 0 Å². The van der Waals surface area contributed by atoms with E-state index in [2.05, 4.69) is 21.7 Å². The molecule has 8 nitrogen and oxygen atoms in total. The largest absolute Gasteiger partial charge is 0.491 e. The number of carbonyl (C=O) groups is 2. The van der Waals surface area contributed by atoms with Gasteiger partial charge in [0.15, 0.2) is 0 Å². The van der Waals surface area contributed by atoms with Crippen molar-refractivity contribution < 1.29 is 19.1 Å². The number of nitrogens with zero attached hydrogens (tertiary/aromatic N) is 2. The SMILES string of the molecule is CC(C)(C)OC(=O)C[C@@H]1C[C@@H](COc2ccc(C3(C#N)N=CC=CN3)cc2)NC1=O. The van der Waals surface area contributed by atoms with Crippen molar-refractivity contribution in [2.45, 2.75) is 50.9 Å². The summed E-state index contributed by atoms with van der Waals surface area (Å²) in [6.45, 7) is 5.69. The van der Waals surface area contributed by atoms with E-state index in [0.29, 0.717) is 24.3 Å². The highest BCUT2D eigenvalue weighted by atomic mass is 16.6. The molecule has 0 radical (unpaired) electrons. The zero-order chi connectivity index (χ0) is 21.8. The fourth-order valence-electron chi connectivity index (χ4n) is 3.38. The fourth-order valence-corrected chi connectivity index (χ4v) is 3.38. The molecule has 1 unspecified atom stereocenters. The number of ether oxygens (including phenoxy) is 2. The van der Waals surface area contributed by atoms with Gasteiger partial charge >= 0.3 is 5.97 Å². The van der Waals surface area contributed by atoms with E-state index in [1.54, 1.807) is 63.5 Å². The molecule has 1 saturated heterocycles. The quantitative estimate of drug-likeness (QED) is 0.695. The van der Waals surface area contributed by atoms with Crippen LogP contribution in [0.15, 0.2) is 41.5 Å². The van der Waals surface area contributed by atoms with Crippen LogP contribution in [0.3, 0.4) is 0 Å². The van der Waals surface area contributed by atoms with Crippen LogP contribution in [0.25, 0.3) is 0 Å². The van der Waals surface area contributed by atoms with E-state index in [1.165, 1.54) is 0 Å². The molecular weight excluding hydrogens is 384 g/mol. The number of hydrogen-bond donors (Lipinski definition) is 2. The lowest BCUT2D eigenvalue weighted by Gasteiger charge is -2.25. The summed E-state index contributed by atoms with van der Waals surface area (Å²) >= 11 is 0. The molecule has 0 aromatic heterocycles. The lowest BCUT2D eigenvalue weighted by atomic mass is 10.0. The maximum absolute atomic E-state index is 12.2. The van der Waals surface area contributed by atoms with Gasteiger partial charge in [-0.3, -0.25) is 9.59 Å². The Labute approximate surface area is 176 Å². The van der Waals surface area contributed by atoms with Crippen LogP contribution in [0.1, 0.15) is 39.2 Å². The number of benzene rings is 1. The third-order valence-electron chi connectivity index (χ3n) is 4.75. The van der Waals surface area contributed by atoms with E-state index in [9.17, 15) is 14.9 Å². The molecule has 8 heteroatoms. The first-order chi connectivity index (χ1) is 14.2. The molecule has 0 bridgehead atoms. The maximum atomic E-state index is 12.2. The average molecular weight is 410 g/mol. The van der Waals surface area contributed by atoms with E-state index >= 15 is 0 Å². The third kappa shape index (κ3) is 5.17. The number of aliphatic imine (C=N–C) groups is 1. The average Bonchev–Trinajstić information content (AvgIpc) is 3.05. The summed E-state index contributed by atoms with van der Waals surface area (Å²) in [5.74, 6) is -0.322. The minimum absolute atomic E-state index is 0.0620. The van der Waals surface area contributed by atoms with E-state index in [0.717, 1.165) is 0 Å². The summed E-state index contributed by atoms with van der Waals surface area (Å²) in [4.78, 5) is 28.4. The van der Waals surface area contributed by atoms with E-state index in [4.69, 9.17) is 9.47 Å². The van der Waals surface area contributed by atoms with Crippen LogP contribution < -0.4 is 15.4 Å². The first-order valence-electron chi connectivity index (χ1n) is 9.86. The van der Waals surface area contributed by atoms with Crippen molar-refractivity contribution in [3.05, 3.63) is 42.1 Å². The summed E-state index contributed by atoms with van der Waals surface area (Å²) in [6.07, 6.45) is 5.56. The molecule has 1 aromatic carbocycles. The molecule has 1 amide bonds. The molecule has 2 aliphatic heterocycles. The fraction of sp³-hybridized carbons (Fsp3) is 0.455. The molecule has 2 heterocycles. The number of carbonyl (C=O) groups excluding carboxylic acids is 2. The highest BCUT2D eigenvalue weighted by molar-refractivity contribution is 5.85. The molecule has 0 saturated carbocycles. The Hall–Kier alpha value is -3.34. The molecule has 158 valence electrons. The van der Waals surface area contributed by atoms with Gasteiger partial charge in [0.2, 0.25) is 11.6 Å². The topological polar surface area (TPSA) is 113 Å². The molecule has 3 rings (SSSR count). The van der Waals surface area contributed by atoms with Gasteiger partial charge in [-0.05, 0) is 57.5 Å². The smallest absolute Gasteiger partial charge is 0.307 e. The Morgan fingerprint density at radius 2 is 2.07 bits per heavy atom. The van der Waals surface area contributed by atoms with Gasteiger partial charge in [-0.15, -0.1) is 0 Å². The Morgan fingerprint density at radius 1 is 1.33 bits per heavy atom. The monoisotopic (exact) mass is 410 g/mol. The zero-order valence-electron chi connectivity index (χ0n) is 17.3. The van der Waals surface area contributed by atoms with Crippen molar-refractivity contribution in [1.29, 1.82) is 5.26 Å². The molecule has 1 fully saturated rings. The molecule has 1 aromatic rings. The summed E-state index contributed by atoms with van der Waals surface area (Å²) in [5.41, 5.74) is -1.01. The summed E-state index contributed by atoms with van der Waals surface area (Å²) in [5, 5.41) is 15.4. The molecule has 2 aliphatic rings. The van der Waals surface area contributed by atoms with Gasteiger partial charge in [0, 0.05) is 18.0 Å². The normalized spacial score (nSPS) is 25.2. The van der Waals surface area contributed by atoms with Crippen LogP contribution in [-0.2, 0) is 20.0 Å². The Morgan fingerprint density at radius 3 is 2.67 bits per heavy atom. The standard InChI is InChI=1S/C22H26N4O4/c1-21(2,3)30-19(27)12-15-11-17(26-20(15)28)13-29-18-7-5-16(6-8-18)22(14-23)24-9-4-10-25-22/h4-10,15,17,24H,11-13H2,1-3H3,(H,26,28)/t15-,17-,22?/m0/s1. The predicted octanol–water partition coefficient (Wildman–Crippen LogP) is 2.17. The first kappa shape index (κ1) is 21.4. The lowest BCUT2D eigenvalue weighted by Crippen LogP contribution is -2.37. The molecular formula is C22H26N4O4. The minimum Gasteiger partial charge on any atom is -0.491 e. The molecule has 0 spiro atoms. The van der Waals surface area contributed by atoms with Gasteiger partial charge in [0.05, 0.1) is 18.4 Å². The van der Waals surface area contributed by atoms with Gasteiger partial charge in [-0.25, -0.2) is 4.99 Å². The number of esters is 1. The minimum atomic E-state index is -1.14. The van der Waals surface area contributed by atoms with E-state index < -0.39 is 17.2 Å². The second kappa shape index (κ2) is 8.57. The van der Waals surface area contributed by atoms with Gasteiger partial charge in [-0.1, -0.05) is 0 Å². The van der Waals surface area contributed by atoms with Crippen molar-refractivity contribution in [2.24, 2.45) is 10.9 Å². The van der Waals surface area contributed by atoms with Gasteiger partial charge in [0.1, 0.15) is 24.0 Å². The number of allylic oxidation sites excluding steroid dienone is 1. The number of nitriles is 1. The van der Waals surface area contributed by atoms with Crippen molar-refractivity contribution in [1.82, 2.24) is 10.6 Å². The number of amides is 1.